The van der Waals surface area contributed by atoms with E-state index in [9.17, 15) is 9.59 Å². The number of carbonyl (C=O) groups excluding carboxylic acids is 2. The highest BCUT2D eigenvalue weighted by Gasteiger charge is 2.23. The van der Waals surface area contributed by atoms with Crippen molar-refractivity contribution in [1.29, 1.82) is 0 Å². The molecule has 2 aromatic carbocycles. The predicted molar refractivity (Wildman–Crippen MR) is 89.3 cm³/mol. The molecule has 2 aromatic rings. The molecule has 0 aromatic heterocycles. The van der Waals surface area contributed by atoms with Gasteiger partial charge in [-0.2, -0.15) is 0 Å². The Morgan fingerprint density at radius 2 is 1.83 bits per heavy atom. The van der Waals surface area contributed by atoms with Gasteiger partial charge in [-0.25, -0.2) is 4.79 Å². The standard InChI is InChI=1S/C20H18O3/c1-23-20(22)16-8-6-14(7-9-16)12-17-11-10-15-4-2-3-5-18(15)19(17)13-21/h2-9,12-13,19H,10-11H2,1H3. The van der Waals surface area contributed by atoms with Crippen molar-refractivity contribution in [2.24, 2.45) is 0 Å². The summed E-state index contributed by atoms with van der Waals surface area (Å²) >= 11 is 0. The first kappa shape index (κ1) is 15.2. The maximum atomic E-state index is 11.6. The number of hydrogen-bond acceptors (Lipinski definition) is 3. The van der Waals surface area contributed by atoms with E-state index in [0.717, 1.165) is 35.8 Å². The Labute approximate surface area is 135 Å². The zero-order valence-electron chi connectivity index (χ0n) is 13.0. The van der Waals surface area contributed by atoms with Gasteiger partial charge in [0.2, 0.25) is 0 Å². The van der Waals surface area contributed by atoms with Gasteiger partial charge in [-0.15, -0.1) is 0 Å². The first-order valence-electron chi connectivity index (χ1n) is 7.65. The van der Waals surface area contributed by atoms with Gasteiger partial charge in [-0.3, -0.25) is 0 Å². The molecule has 0 heterocycles. The van der Waals surface area contributed by atoms with Crippen molar-refractivity contribution in [2.75, 3.05) is 7.11 Å². The third-order valence-corrected chi connectivity index (χ3v) is 4.29. The fourth-order valence-electron chi connectivity index (χ4n) is 3.07. The zero-order valence-corrected chi connectivity index (χ0v) is 13.0. The number of aldehydes is 1. The SMILES string of the molecule is COC(=O)c1ccc(C=C2CCc3ccccc3C2C=O)cc1. The molecule has 0 fully saturated rings. The lowest BCUT2D eigenvalue weighted by Crippen LogP contribution is -2.13. The zero-order chi connectivity index (χ0) is 16.2. The Balaban J connectivity index is 1.90. The molecule has 3 rings (SSSR count). The van der Waals surface area contributed by atoms with Crippen LogP contribution < -0.4 is 0 Å². The van der Waals surface area contributed by atoms with E-state index in [-0.39, 0.29) is 11.9 Å². The second kappa shape index (κ2) is 6.61. The average molecular weight is 306 g/mol. The van der Waals surface area contributed by atoms with Gasteiger partial charge >= 0.3 is 5.97 Å². The molecule has 116 valence electrons. The van der Waals surface area contributed by atoms with Crippen molar-refractivity contribution < 1.29 is 14.3 Å². The first-order chi connectivity index (χ1) is 11.2. The molecular weight excluding hydrogens is 288 g/mol. The molecule has 1 unspecified atom stereocenters. The highest BCUT2D eigenvalue weighted by molar-refractivity contribution is 5.89. The maximum absolute atomic E-state index is 11.6. The number of methoxy groups -OCH3 is 1. The highest BCUT2D eigenvalue weighted by atomic mass is 16.5. The van der Waals surface area contributed by atoms with E-state index in [1.165, 1.54) is 12.7 Å². The topological polar surface area (TPSA) is 43.4 Å². The number of ether oxygens (including phenoxy) is 1. The summed E-state index contributed by atoms with van der Waals surface area (Å²) in [7, 11) is 1.37. The first-order valence-corrected chi connectivity index (χ1v) is 7.65. The number of hydrogen-bond donors (Lipinski definition) is 0. The van der Waals surface area contributed by atoms with Crippen LogP contribution in [-0.4, -0.2) is 19.4 Å². The van der Waals surface area contributed by atoms with Crippen molar-refractivity contribution in [3.8, 4) is 0 Å². The summed E-state index contributed by atoms with van der Waals surface area (Å²) in [4.78, 5) is 23.1. The summed E-state index contributed by atoms with van der Waals surface area (Å²) in [6, 6.07) is 15.3. The molecule has 0 radical (unpaired) electrons. The maximum Gasteiger partial charge on any atom is 0.337 e. The van der Waals surface area contributed by atoms with E-state index in [0.29, 0.717) is 5.56 Å². The summed E-state index contributed by atoms with van der Waals surface area (Å²) < 4.78 is 4.70. The molecule has 1 aliphatic carbocycles. The molecule has 0 bridgehead atoms. The summed E-state index contributed by atoms with van der Waals surface area (Å²) in [6.45, 7) is 0. The second-order valence-electron chi connectivity index (χ2n) is 5.65. The van der Waals surface area contributed by atoms with Gasteiger partial charge in [0.05, 0.1) is 18.6 Å². The minimum atomic E-state index is -0.346. The minimum Gasteiger partial charge on any atom is -0.465 e. The van der Waals surface area contributed by atoms with E-state index >= 15 is 0 Å². The second-order valence-corrected chi connectivity index (χ2v) is 5.65. The van der Waals surface area contributed by atoms with Crippen LogP contribution in [0.1, 0.15) is 39.4 Å². The van der Waals surface area contributed by atoms with Gasteiger partial charge in [0.1, 0.15) is 6.29 Å². The number of esters is 1. The molecular formula is C20H18O3. The Morgan fingerprint density at radius 1 is 1.09 bits per heavy atom. The van der Waals surface area contributed by atoms with E-state index in [4.69, 9.17) is 4.74 Å². The molecule has 0 spiro atoms. The summed E-state index contributed by atoms with van der Waals surface area (Å²) in [5, 5.41) is 0. The molecule has 3 nitrogen and oxygen atoms in total. The number of fused-ring (bicyclic) bond motifs is 1. The van der Waals surface area contributed by atoms with Gasteiger partial charge in [-0.1, -0.05) is 48.0 Å². The molecule has 0 aliphatic heterocycles. The molecule has 0 saturated heterocycles. The van der Waals surface area contributed by atoms with Crippen LogP contribution >= 0.6 is 0 Å². The van der Waals surface area contributed by atoms with Crippen LogP contribution in [0.5, 0.6) is 0 Å². The van der Waals surface area contributed by atoms with Crippen LogP contribution in [0.15, 0.2) is 54.1 Å². The third kappa shape index (κ3) is 3.09. The normalized spacial score (nSPS) is 18.3. The van der Waals surface area contributed by atoms with Gasteiger partial charge in [0.25, 0.3) is 0 Å². The Kier molecular flexibility index (Phi) is 4.38. The van der Waals surface area contributed by atoms with Crippen molar-refractivity contribution >= 4 is 18.3 Å². The predicted octanol–water partition coefficient (Wildman–Crippen LogP) is 3.79. The summed E-state index contributed by atoms with van der Waals surface area (Å²) in [5.41, 5.74) is 4.98. The number of aryl methyl sites for hydroxylation is 1. The summed E-state index contributed by atoms with van der Waals surface area (Å²) in [5.74, 6) is -0.526. The lowest BCUT2D eigenvalue weighted by molar-refractivity contribution is -0.108. The molecule has 1 atom stereocenters. The van der Waals surface area contributed by atoms with Crippen molar-refractivity contribution in [3.05, 3.63) is 76.4 Å². The fraction of sp³-hybridized carbons (Fsp3) is 0.200. The smallest absolute Gasteiger partial charge is 0.337 e. The van der Waals surface area contributed by atoms with Crippen LogP contribution in [0.2, 0.25) is 0 Å². The van der Waals surface area contributed by atoms with Crippen LogP contribution in [-0.2, 0) is 16.0 Å². The monoisotopic (exact) mass is 306 g/mol. The van der Waals surface area contributed by atoms with Crippen LogP contribution in [0.4, 0.5) is 0 Å². The number of rotatable bonds is 3. The quantitative estimate of drug-likeness (QED) is 0.640. The van der Waals surface area contributed by atoms with Gasteiger partial charge in [-0.05, 0) is 41.7 Å². The largest absolute Gasteiger partial charge is 0.465 e. The van der Waals surface area contributed by atoms with Gasteiger partial charge in [0, 0.05) is 0 Å². The van der Waals surface area contributed by atoms with E-state index < -0.39 is 0 Å². The van der Waals surface area contributed by atoms with Gasteiger partial charge in [0.15, 0.2) is 0 Å². The van der Waals surface area contributed by atoms with Crippen LogP contribution in [0, 0.1) is 0 Å². The van der Waals surface area contributed by atoms with Crippen LogP contribution in [0.3, 0.4) is 0 Å². The molecule has 0 N–H and O–H groups in total. The van der Waals surface area contributed by atoms with Crippen molar-refractivity contribution in [1.82, 2.24) is 0 Å². The van der Waals surface area contributed by atoms with Gasteiger partial charge < -0.3 is 9.53 Å². The Bertz CT molecular complexity index is 757. The lowest BCUT2D eigenvalue weighted by atomic mass is 9.79. The lowest BCUT2D eigenvalue weighted by Gasteiger charge is -2.24. The highest BCUT2D eigenvalue weighted by Crippen LogP contribution is 2.35. The fourth-order valence-corrected chi connectivity index (χ4v) is 3.07. The molecule has 0 saturated carbocycles. The number of allylic oxidation sites excluding steroid dienone is 1. The number of carbonyl (C=O) groups is 2. The number of benzene rings is 2. The third-order valence-electron chi connectivity index (χ3n) is 4.29. The van der Waals surface area contributed by atoms with Crippen LogP contribution in [0.25, 0.3) is 6.08 Å². The van der Waals surface area contributed by atoms with Crippen molar-refractivity contribution in [3.63, 3.8) is 0 Å². The molecule has 1 aliphatic rings. The van der Waals surface area contributed by atoms with E-state index in [1.807, 2.05) is 30.3 Å². The van der Waals surface area contributed by atoms with E-state index in [2.05, 4.69) is 12.1 Å². The Morgan fingerprint density at radius 3 is 2.52 bits per heavy atom. The van der Waals surface area contributed by atoms with Crippen molar-refractivity contribution in [2.45, 2.75) is 18.8 Å². The molecule has 23 heavy (non-hydrogen) atoms. The average Bonchev–Trinajstić information content (AvgIpc) is 2.61. The summed E-state index contributed by atoms with van der Waals surface area (Å²) in [6.07, 6.45) is 4.90. The molecule has 3 heteroatoms. The Hall–Kier alpha value is -2.68. The minimum absolute atomic E-state index is 0.180. The van der Waals surface area contributed by atoms with E-state index in [1.54, 1.807) is 12.1 Å². The molecule has 0 amide bonds.